The van der Waals surface area contributed by atoms with E-state index in [4.69, 9.17) is 4.74 Å². The number of nitrogens with zero attached hydrogens (tertiary/aromatic N) is 3. The fourth-order valence-electron chi connectivity index (χ4n) is 3.05. The largest absolute Gasteiger partial charge is 0.366 e. The normalized spacial score (nSPS) is 24.5. The number of amides is 1. The molecule has 2 saturated heterocycles. The van der Waals surface area contributed by atoms with Crippen molar-refractivity contribution in [3.63, 3.8) is 0 Å². The molecule has 1 amide bonds. The lowest BCUT2D eigenvalue weighted by molar-refractivity contribution is -0.146. The van der Waals surface area contributed by atoms with Crippen LogP contribution in [0.3, 0.4) is 0 Å². The number of morpholine rings is 1. The molecule has 2 unspecified atom stereocenters. The first-order valence-corrected chi connectivity index (χ1v) is 7.36. The summed E-state index contributed by atoms with van der Waals surface area (Å²) in [6.07, 6.45) is 5.61. The van der Waals surface area contributed by atoms with Crippen molar-refractivity contribution in [3.05, 3.63) is 18.2 Å². The molecule has 0 aliphatic carbocycles. The summed E-state index contributed by atoms with van der Waals surface area (Å²) >= 11 is 0. The summed E-state index contributed by atoms with van der Waals surface area (Å²) in [5.74, 6) is 1.14. The second kappa shape index (κ2) is 8.72. The predicted octanol–water partition coefficient (Wildman–Crippen LogP) is 1.01. The SMILES string of the molecule is Cc1nccn1CC1CCCN1C(=O)C1CNCCO1.Cl.Cl. The maximum absolute atomic E-state index is 12.6. The minimum absolute atomic E-state index is 0. The molecule has 8 heteroatoms. The van der Waals surface area contributed by atoms with Crippen molar-refractivity contribution in [2.24, 2.45) is 0 Å². The highest BCUT2D eigenvalue weighted by Gasteiger charge is 2.34. The number of carbonyl (C=O) groups is 1. The van der Waals surface area contributed by atoms with E-state index in [9.17, 15) is 4.79 Å². The Morgan fingerprint density at radius 1 is 1.50 bits per heavy atom. The van der Waals surface area contributed by atoms with E-state index in [-0.39, 0.29) is 42.9 Å². The third-order valence-corrected chi connectivity index (χ3v) is 4.19. The number of imidazole rings is 1. The molecule has 0 radical (unpaired) electrons. The van der Waals surface area contributed by atoms with E-state index in [2.05, 4.69) is 14.9 Å². The van der Waals surface area contributed by atoms with Crippen LogP contribution in [0.25, 0.3) is 0 Å². The van der Waals surface area contributed by atoms with Gasteiger partial charge in [-0.1, -0.05) is 0 Å². The quantitative estimate of drug-likeness (QED) is 0.883. The third-order valence-electron chi connectivity index (χ3n) is 4.19. The fourth-order valence-corrected chi connectivity index (χ4v) is 3.05. The van der Waals surface area contributed by atoms with Gasteiger partial charge in [-0.15, -0.1) is 24.8 Å². The average molecular weight is 351 g/mol. The van der Waals surface area contributed by atoms with Crippen molar-refractivity contribution in [1.29, 1.82) is 0 Å². The maximum Gasteiger partial charge on any atom is 0.253 e. The van der Waals surface area contributed by atoms with E-state index < -0.39 is 0 Å². The molecule has 3 heterocycles. The lowest BCUT2D eigenvalue weighted by Gasteiger charge is -2.31. The van der Waals surface area contributed by atoms with Gasteiger partial charge in [0, 0.05) is 44.6 Å². The zero-order valence-corrected chi connectivity index (χ0v) is 14.4. The Morgan fingerprint density at radius 2 is 2.32 bits per heavy atom. The molecule has 126 valence electrons. The molecule has 2 atom stereocenters. The zero-order valence-electron chi connectivity index (χ0n) is 12.7. The number of rotatable bonds is 3. The van der Waals surface area contributed by atoms with Crippen LogP contribution in [0.4, 0.5) is 0 Å². The Labute approximate surface area is 143 Å². The van der Waals surface area contributed by atoms with Gasteiger partial charge in [0.25, 0.3) is 5.91 Å². The summed E-state index contributed by atoms with van der Waals surface area (Å²) in [7, 11) is 0. The number of nitrogens with one attached hydrogen (secondary N) is 1. The number of halogens is 2. The zero-order chi connectivity index (χ0) is 13.9. The smallest absolute Gasteiger partial charge is 0.253 e. The number of aryl methyl sites for hydroxylation is 1. The summed E-state index contributed by atoms with van der Waals surface area (Å²) in [6, 6.07) is 0.265. The number of likely N-dealkylation sites (tertiary alicyclic amines) is 1. The van der Waals surface area contributed by atoms with Crippen LogP contribution < -0.4 is 5.32 Å². The van der Waals surface area contributed by atoms with Gasteiger partial charge in [0.2, 0.25) is 0 Å². The van der Waals surface area contributed by atoms with Crippen LogP contribution in [0.2, 0.25) is 0 Å². The lowest BCUT2D eigenvalue weighted by Crippen LogP contribution is -2.51. The summed E-state index contributed by atoms with van der Waals surface area (Å²) in [6.45, 7) is 5.76. The minimum atomic E-state index is -0.312. The van der Waals surface area contributed by atoms with Crippen molar-refractivity contribution >= 4 is 30.7 Å². The first-order chi connectivity index (χ1) is 9.75. The van der Waals surface area contributed by atoms with Crippen LogP contribution in [0.1, 0.15) is 18.7 Å². The number of aromatic nitrogens is 2. The van der Waals surface area contributed by atoms with Crippen LogP contribution in [-0.4, -0.2) is 58.7 Å². The first kappa shape index (κ1) is 19.2. The molecule has 1 aromatic rings. The summed E-state index contributed by atoms with van der Waals surface area (Å²) in [4.78, 5) is 18.8. The van der Waals surface area contributed by atoms with E-state index >= 15 is 0 Å². The second-order valence-electron chi connectivity index (χ2n) is 5.52. The number of carbonyl (C=O) groups excluding carboxylic acids is 1. The highest BCUT2D eigenvalue weighted by atomic mass is 35.5. The molecule has 0 bridgehead atoms. The number of hydrogen-bond donors (Lipinski definition) is 1. The highest BCUT2D eigenvalue weighted by molar-refractivity contribution is 5.85. The van der Waals surface area contributed by atoms with E-state index in [1.54, 1.807) is 0 Å². The number of ether oxygens (including phenoxy) is 1. The van der Waals surface area contributed by atoms with E-state index in [1.165, 1.54) is 0 Å². The van der Waals surface area contributed by atoms with Crippen molar-refractivity contribution in [2.45, 2.75) is 38.5 Å². The van der Waals surface area contributed by atoms with Gasteiger partial charge in [-0.25, -0.2) is 4.98 Å². The van der Waals surface area contributed by atoms with Crippen LogP contribution in [-0.2, 0) is 16.1 Å². The molecular formula is C14H24Cl2N4O2. The summed E-state index contributed by atoms with van der Waals surface area (Å²) < 4.78 is 7.71. The molecule has 2 aliphatic heterocycles. The molecule has 0 spiro atoms. The lowest BCUT2D eigenvalue weighted by atomic mass is 10.2. The second-order valence-corrected chi connectivity index (χ2v) is 5.52. The van der Waals surface area contributed by atoms with Gasteiger partial charge in [0.1, 0.15) is 11.9 Å². The first-order valence-electron chi connectivity index (χ1n) is 7.36. The van der Waals surface area contributed by atoms with Gasteiger partial charge in [-0.3, -0.25) is 4.79 Å². The fraction of sp³-hybridized carbons (Fsp3) is 0.714. The molecule has 3 rings (SSSR count). The van der Waals surface area contributed by atoms with Crippen LogP contribution in [0.15, 0.2) is 12.4 Å². The van der Waals surface area contributed by atoms with Gasteiger partial charge >= 0.3 is 0 Å². The maximum atomic E-state index is 12.6. The Balaban J connectivity index is 0.00000121. The minimum Gasteiger partial charge on any atom is -0.366 e. The third kappa shape index (κ3) is 4.13. The van der Waals surface area contributed by atoms with Crippen molar-refractivity contribution in [3.8, 4) is 0 Å². The van der Waals surface area contributed by atoms with E-state index in [1.807, 2.05) is 24.2 Å². The van der Waals surface area contributed by atoms with Gasteiger partial charge in [-0.2, -0.15) is 0 Å². The monoisotopic (exact) mass is 350 g/mol. The standard InChI is InChI=1S/C14H22N4O2.2ClH/c1-11-16-4-7-17(11)10-12-3-2-6-18(12)14(19)13-9-15-5-8-20-13;;/h4,7,12-13,15H,2-3,5-6,8-10H2,1H3;2*1H. The Bertz CT molecular complexity index is 477. The molecular weight excluding hydrogens is 327 g/mol. The van der Waals surface area contributed by atoms with Crippen molar-refractivity contribution in [2.75, 3.05) is 26.2 Å². The highest BCUT2D eigenvalue weighted by Crippen LogP contribution is 2.21. The summed E-state index contributed by atoms with van der Waals surface area (Å²) in [5.41, 5.74) is 0. The van der Waals surface area contributed by atoms with Crippen LogP contribution in [0, 0.1) is 6.92 Å². The molecule has 0 aromatic carbocycles. The van der Waals surface area contributed by atoms with Gasteiger partial charge < -0.3 is 19.5 Å². The van der Waals surface area contributed by atoms with Crippen molar-refractivity contribution < 1.29 is 9.53 Å². The molecule has 22 heavy (non-hydrogen) atoms. The topological polar surface area (TPSA) is 59.4 Å². The van der Waals surface area contributed by atoms with Gasteiger partial charge in [0.05, 0.1) is 6.61 Å². The Hall–Kier alpha value is -0.820. The van der Waals surface area contributed by atoms with Crippen LogP contribution >= 0.6 is 24.8 Å². The van der Waals surface area contributed by atoms with E-state index in [0.29, 0.717) is 13.2 Å². The molecule has 1 N–H and O–H groups in total. The van der Waals surface area contributed by atoms with E-state index in [0.717, 1.165) is 38.3 Å². The predicted molar refractivity (Wildman–Crippen MR) is 88.8 cm³/mol. The summed E-state index contributed by atoms with van der Waals surface area (Å²) in [5, 5.41) is 3.22. The van der Waals surface area contributed by atoms with Gasteiger partial charge in [-0.05, 0) is 19.8 Å². The number of hydrogen-bond acceptors (Lipinski definition) is 4. The van der Waals surface area contributed by atoms with Gasteiger partial charge in [0.15, 0.2) is 0 Å². The molecule has 2 aliphatic rings. The molecule has 0 saturated carbocycles. The van der Waals surface area contributed by atoms with Crippen LogP contribution in [0.5, 0.6) is 0 Å². The molecule has 1 aromatic heterocycles. The Morgan fingerprint density at radius 3 is 2.95 bits per heavy atom. The average Bonchev–Trinajstić information content (AvgIpc) is 3.09. The van der Waals surface area contributed by atoms with Crippen molar-refractivity contribution in [1.82, 2.24) is 19.8 Å². The molecule has 2 fully saturated rings. The molecule has 6 nitrogen and oxygen atoms in total. The Kier molecular flexibility index (Phi) is 7.62.